The number of amides is 1. The maximum absolute atomic E-state index is 13.1. The van der Waals surface area contributed by atoms with Gasteiger partial charge < -0.3 is 5.32 Å². The highest BCUT2D eigenvalue weighted by Crippen LogP contribution is 2.33. The zero-order chi connectivity index (χ0) is 17.4. The minimum absolute atomic E-state index is 0.0237. The number of allylic oxidation sites excluding steroid dienone is 1. The number of alkyl halides is 3. The molecule has 0 saturated carbocycles. The molecule has 0 heterocycles. The highest BCUT2D eigenvalue weighted by molar-refractivity contribution is 5.96. The van der Waals surface area contributed by atoms with E-state index in [0.29, 0.717) is 19.0 Å². The summed E-state index contributed by atoms with van der Waals surface area (Å²) in [6.45, 7) is 0.324. The zero-order valence-electron chi connectivity index (χ0n) is 13.0. The second-order valence-corrected chi connectivity index (χ2v) is 5.30. The first-order chi connectivity index (χ1) is 11.5. The van der Waals surface area contributed by atoms with Crippen LogP contribution in [0.3, 0.4) is 0 Å². The van der Waals surface area contributed by atoms with Crippen LogP contribution in [0.5, 0.6) is 0 Å². The second kappa shape index (κ2) is 8.34. The highest BCUT2D eigenvalue weighted by Gasteiger charge is 2.35. The SMILES string of the molecule is O=C(/C=C(/c1ccccc1)C(F)(F)F)NCCCc1ccccc1. The van der Waals surface area contributed by atoms with Crippen molar-refractivity contribution < 1.29 is 18.0 Å². The monoisotopic (exact) mass is 333 g/mol. The van der Waals surface area contributed by atoms with Crippen molar-refractivity contribution in [2.24, 2.45) is 0 Å². The Balaban J connectivity index is 1.93. The average molecular weight is 333 g/mol. The summed E-state index contributed by atoms with van der Waals surface area (Å²) in [5.74, 6) is -0.737. The minimum atomic E-state index is -4.58. The molecule has 0 aromatic heterocycles. The normalized spacial score (nSPS) is 12.0. The smallest absolute Gasteiger partial charge is 0.353 e. The lowest BCUT2D eigenvalue weighted by Gasteiger charge is -2.12. The first kappa shape index (κ1) is 17.8. The Morgan fingerprint density at radius 3 is 2.12 bits per heavy atom. The van der Waals surface area contributed by atoms with Gasteiger partial charge in [0.2, 0.25) is 5.91 Å². The molecule has 1 amide bonds. The molecule has 0 aliphatic rings. The van der Waals surface area contributed by atoms with Crippen molar-refractivity contribution in [3.8, 4) is 0 Å². The van der Waals surface area contributed by atoms with Gasteiger partial charge in [-0.25, -0.2) is 0 Å². The number of rotatable bonds is 6. The van der Waals surface area contributed by atoms with Crippen LogP contribution in [0.4, 0.5) is 13.2 Å². The second-order valence-electron chi connectivity index (χ2n) is 5.30. The van der Waals surface area contributed by atoms with Gasteiger partial charge in [-0.15, -0.1) is 0 Å². The number of benzene rings is 2. The molecule has 0 aliphatic carbocycles. The lowest BCUT2D eigenvalue weighted by molar-refractivity contribution is -0.117. The number of hydrogen-bond acceptors (Lipinski definition) is 1. The standard InChI is InChI=1S/C19H18F3NO/c20-19(21,22)17(16-11-5-2-6-12-16)14-18(24)23-13-7-10-15-8-3-1-4-9-15/h1-6,8-9,11-12,14H,7,10,13H2,(H,23,24)/b17-14-. The van der Waals surface area contributed by atoms with Gasteiger partial charge in [-0.2, -0.15) is 13.2 Å². The number of carbonyl (C=O) groups excluding carboxylic acids is 1. The molecule has 0 spiro atoms. The van der Waals surface area contributed by atoms with Gasteiger partial charge in [-0.05, 0) is 24.0 Å². The third-order valence-corrected chi connectivity index (χ3v) is 3.45. The van der Waals surface area contributed by atoms with E-state index in [0.717, 1.165) is 12.0 Å². The predicted molar refractivity (Wildman–Crippen MR) is 88.2 cm³/mol. The summed E-state index contributed by atoms with van der Waals surface area (Å²) in [7, 11) is 0. The van der Waals surface area contributed by atoms with Crippen LogP contribution in [-0.4, -0.2) is 18.6 Å². The van der Waals surface area contributed by atoms with Crippen molar-refractivity contribution in [3.63, 3.8) is 0 Å². The van der Waals surface area contributed by atoms with Crippen LogP contribution in [0.15, 0.2) is 66.7 Å². The highest BCUT2D eigenvalue weighted by atomic mass is 19.4. The fraction of sp³-hybridized carbons (Fsp3) is 0.211. The third kappa shape index (κ3) is 5.57. The topological polar surface area (TPSA) is 29.1 Å². The third-order valence-electron chi connectivity index (χ3n) is 3.45. The number of halogens is 3. The molecule has 1 N–H and O–H groups in total. The Bertz CT molecular complexity index is 679. The molecule has 2 aromatic rings. The van der Waals surface area contributed by atoms with Crippen molar-refractivity contribution in [1.82, 2.24) is 5.32 Å². The van der Waals surface area contributed by atoms with Gasteiger partial charge >= 0.3 is 6.18 Å². The van der Waals surface area contributed by atoms with Crippen LogP contribution < -0.4 is 5.32 Å². The van der Waals surface area contributed by atoms with Crippen molar-refractivity contribution in [2.75, 3.05) is 6.54 Å². The Morgan fingerprint density at radius 1 is 0.958 bits per heavy atom. The van der Waals surface area contributed by atoms with Gasteiger partial charge in [0.05, 0.1) is 5.57 Å². The molecular formula is C19H18F3NO. The molecule has 2 nitrogen and oxygen atoms in total. The minimum Gasteiger partial charge on any atom is -0.353 e. The number of carbonyl (C=O) groups is 1. The van der Waals surface area contributed by atoms with E-state index in [2.05, 4.69) is 5.32 Å². The largest absolute Gasteiger partial charge is 0.417 e. The van der Waals surface area contributed by atoms with Crippen LogP contribution in [0.25, 0.3) is 5.57 Å². The van der Waals surface area contributed by atoms with E-state index in [4.69, 9.17) is 0 Å². The number of aryl methyl sites for hydroxylation is 1. The zero-order valence-corrected chi connectivity index (χ0v) is 13.0. The molecule has 0 atom stereocenters. The Hall–Kier alpha value is -2.56. The van der Waals surface area contributed by atoms with E-state index in [1.807, 2.05) is 30.3 Å². The molecule has 2 aromatic carbocycles. The van der Waals surface area contributed by atoms with Gasteiger partial charge in [-0.3, -0.25) is 4.79 Å². The fourth-order valence-electron chi connectivity index (χ4n) is 2.28. The molecule has 0 saturated heterocycles. The summed E-state index contributed by atoms with van der Waals surface area (Å²) < 4.78 is 39.4. The predicted octanol–water partition coefficient (Wildman–Crippen LogP) is 4.38. The summed E-state index contributed by atoms with van der Waals surface area (Å²) in [6, 6.07) is 17.0. The molecule has 0 aliphatic heterocycles. The van der Waals surface area contributed by atoms with E-state index in [-0.39, 0.29) is 5.56 Å². The summed E-state index contributed by atoms with van der Waals surface area (Å²) in [5.41, 5.74) is 0.163. The van der Waals surface area contributed by atoms with Crippen molar-refractivity contribution >= 4 is 11.5 Å². The summed E-state index contributed by atoms with van der Waals surface area (Å²) >= 11 is 0. The van der Waals surface area contributed by atoms with Crippen molar-refractivity contribution in [2.45, 2.75) is 19.0 Å². The van der Waals surface area contributed by atoms with Gasteiger partial charge in [0, 0.05) is 12.6 Å². The van der Waals surface area contributed by atoms with E-state index < -0.39 is 17.7 Å². The molecule has 0 radical (unpaired) electrons. The van der Waals surface area contributed by atoms with E-state index in [9.17, 15) is 18.0 Å². The molecule has 0 bridgehead atoms. The first-order valence-electron chi connectivity index (χ1n) is 7.63. The Labute approximate surface area is 139 Å². The van der Waals surface area contributed by atoms with Crippen LogP contribution in [0, 0.1) is 0 Å². The van der Waals surface area contributed by atoms with Crippen molar-refractivity contribution in [3.05, 3.63) is 77.9 Å². The molecule has 0 fully saturated rings. The van der Waals surface area contributed by atoms with Crippen LogP contribution >= 0.6 is 0 Å². The Kier molecular flexibility index (Phi) is 6.18. The fourth-order valence-corrected chi connectivity index (χ4v) is 2.28. The quantitative estimate of drug-likeness (QED) is 0.617. The molecule has 24 heavy (non-hydrogen) atoms. The van der Waals surface area contributed by atoms with E-state index in [1.165, 1.54) is 24.3 Å². The molecule has 126 valence electrons. The van der Waals surface area contributed by atoms with Crippen LogP contribution in [0.2, 0.25) is 0 Å². The van der Waals surface area contributed by atoms with E-state index in [1.54, 1.807) is 6.07 Å². The van der Waals surface area contributed by atoms with Gasteiger partial charge in [0.15, 0.2) is 0 Å². The maximum atomic E-state index is 13.1. The first-order valence-corrected chi connectivity index (χ1v) is 7.63. The molecule has 2 rings (SSSR count). The van der Waals surface area contributed by atoms with Crippen molar-refractivity contribution in [1.29, 1.82) is 0 Å². The summed E-state index contributed by atoms with van der Waals surface area (Å²) in [4.78, 5) is 11.8. The molecular weight excluding hydrogens is 315 g/mol. The van der Waals surface area contributed by atoms with Gasteiger partial charge in [-0.1, -0.05) is 60.7 Å². The van der Waals surface area contributed by atoms with Gasteiger partial charge in [0.25, 0.3) is 0 Å². The maximum Gasteiger partial charge on any atom is 0.417 e. The number of hydrogen-bond donors (Lipinski definition) is 1. The lowest BCUT2D eigenvalue weighted by atomic mass is 10.1. The van der Waals surface area contributed by atoms with Gasteiger partial charge in [0.1, 0.15) is 0 Å². The molecule has 0 unspecified atom stereocenters. The average Bonchev–Trinajstić information content (AvgIpc) is 2.57. The summed E-state index contributed by atoms with van der Waals surface area (Å²) in [6.07, 6.45) is -2.54. The van der Waals surface area contributed by atoms with Crippen LogP contribution in [-0.2, 0) is 11.2 Å². The Morgan fingerprint density at radius 2 is 1.54 bits per heavy atom. The number of nitrogens with one attached hydrogen (secondary N) is 1. The summed E-state index contributed by atoms with van der Waals surface area (Å²) in [5, 5.41) is 2.51. The van der Waals surface area contributed by atoms with E-state index >= 15 is 0 Å². The lowest BCUT2D eigenvalue weighted by Crippen LogP contribution is -2.24. The van der Waals surface area contributed by atoms with Crippen LogP contribution in [0.1, 0.15) is 17.5 Å². The molecule has 5 heteroatoms.